The highest BCUT2D eigenvalue weighted by atomic mass is 31.3. The Labute approximate surface area is 414 Å². The molecular formula is C49H83N3O16P2. The van der Waals surface area contributed by atoms with Gasteiger partial charge in [-0.05, 0) is 63.4 Å². The summed E-state index contributed by atoms with van der Waals surface area (Å²) in [7, 11) is -10.9. The minimum atomic E-state index is -5.44. The lowest BCUT2D eigenvalue weighted by Gasteiger charge is -2.21. The quantitative estimate of drug-likeness (QED) is 0.0135. The second-order valence-electron chi connectivity index (χ2n) is 18.5. The Kier molecular flexibility index (Phi) is 30.1. The number of esters is 2. The number of anilines is 1. The predicted molar refractivity (Wildman–Crippen MR) is 265 cm³/mol. The Morgan fingerprint density at radius 2 is 1.33 bits per heavy atom. The van der Waals surface area contributed by atoms with Crippen molar-refractivity contribution in [2.75, 3.05) is 25.6 Å². The number of epoxide rings is 1. The molecule has 0 amide bonds. The monoisotopic (exact) mass is 1030 g/mol. The van der Waals surface area contributed by atoms with E-state index in [9.17, 15) is 43.5 Å². The summed E-state index contributed by atoms with van der Waals surface area (Å²) in [6.45, 7) is 4.36. The SMILES string of the molecule is CCCCC/C=C\CC1OC1C/C=C\C/C=C\CCCC(=O)OC[C@H](COP(=O)(O)OP(=O)(O)OC[C@H]1O[C@@H](n2ccc(N)nc2=O)[C@H](O)[C@@H]1O)OC(=O)CCCCCCCCCCCCCC(C)C. The van der Waals surface area contributed by atoms with Gasteiger partial charge in [-0.15, -0.1) is 0 Å². The molecule has 0 radical (unpaired) electrons. The van der Waals surface area contributed by atoms with Gasteiger partial charge in [-0.1, -0.05) is 141 Å². The van der Waals surface area contributed by atoms with Crippen molar-refractivity contribution in [3.63, 3.8) is 0 Å². The number of rotatable bonds is 40. The van der Waals surface area contributed by atoms with E-state index in [4.69, 9.17) is 33.7 Å². The number of hydrogen-bond donors (Lipinski definition) is 5. The fraction of sp³-hybridized carbons (Fsp3) is 0.755. The van der Waals surface area contributed by atoms with Gasteiger partial charge >= 0.3 is 33.3 Å². The highest BCUT2D eigenvalue weighted by molar-refractivity contribution is 7.61. The van der Waals surface area contributed by atoms with Crippen LogP contribution in [-0.4, -0.2) is 97.9 Å². The highest BCUT2D eigenvalue weighted by Crippen LogP contribution is 2.60. The largest absolute Gasteiger partial charge is 0.481 e. The molecule has 400 valence electrons. The first-order chi connectivity index (χ1) is 33.5. The number of allylic oxidation sites excluding steroid dienone is 4. The molecule has 2 fully saturated rings. The van der Waals surface area contributed by atoms with Crippen LogP contribution in [0.4, 0.5) is 5.82 Å². The van der Waals surface area contributed by atoms with Gasteiger partial charge in [-0.2, -0.15) is 9.29 Å². The first-order valence-electron chi connectivity index (χ1n) is 25.5. The average molecular weight is 1030 g/mol. The number of nitrogens with two attached hydrogens (primary N) is 1. The molecule has 0 spiro atoms. The summed E-state index contributed by atoms with van der Waals surface area (Å²) in [5, 5.41) is 20.9. The molecule has 4 unspecified atom stereocenters. The van der Waals surface area contributed by atoms with E-state index in [-0.39, 0.29) is 24.8 Å². The van der Waals surface area contributed by atoms with Crippen molar-refractivity contribution in [3.05, 3.63) is 59.2 Å². The molecule has 1 aromatic rings. The summed E-state index contributed by atoms with van der Waals surface area (Å²) < 4.78 is 62.5. The highest BCUT2D eigenvalue weighted by Gasteiger charge is 2.46. The normalized spacial score (nSPS) is 22.5. The summed E-state index contributed by atoms with van der Waals surface area (Å²) in [5.41, 5.74) is 4.58. The molecule has 0 aromatic carbocycles. The Morgan fingerprint density at radius 1 is 0.743 bits per heavy atom. The average Bonchev–Trinajstić information content (AvgIpc) is 3.99. The number of ether oxygens (including phenoxy) is 4. The van der Waals surface area contributed by atoms with Crippen LogP contribution >= 0.6 is 15.6 Å². The number of aromatic nitrogens is 2. The van der Waals surface area contributed by atoms with Gasteiger partial charge in [0.15, 0.2) is 12.3 Å². The summed E-state index contributed by atoms with van der Waals surface area (Å²) in [6, 6.07) is 1.24. The molecular weight excluding hydrogens is 948 g/mol. The van der Waals surface area contributed by atoms with E-state index in [0.29, 0.717) is 25.4 Å². The van der Waals surface area contributed by atoms with E-state index in [1.165, 1.54) is 70.3 Å². The minimum absolute atomic E-state index is 0.0369. The lowest BCUT2D eigenvalue weighted by atomic mass is 10.0. The van der Waals surface area contributed by atoms with E-state index >= 15 is 0 Å². The number of unbranched alkanes of at least 4 members (excludes halogenated alkanes) is 14. The molecule has 0 bridgehead atoms. The smallest absolute Gasteiger partial charge is 0.462 e. The summed E-state index contributed by atoms with van der Waals surface area (Å²) in [5.74, 6) is -0.610. The zero-order valence-corrected chi connectivity index (χ0v) is 43.5. The van der Waals surface area contributed by atoms with Crippen LogP contribution in [0.5, 0.6) is 0 Å². The first kappa shape index (κ1) is 61.2. The van der Waals surface area contributed by atoms with Gasteiger partial charge in [0.25, 0.3) is 0 Å². The third-order valence-corrected chi connectivity index (χ3v) is 14.4. The second-order valence-corrected chi connectivity index (χ2v) is 21.6. The van der Waals surface area contributed by atoms with Crippen molar-refractivity contribution in [1.82, 2.24) is 9.55 Å². The van der Waals surface area contributed by atoms with Crippen LogP contribution in [0.15, 0.2) is 53.5 Å². The summed E-state index contributed by atoms with van der Waals surface area (Å²) >= 11 is 0. The summed E-state index contributed by atoms with van der Waals surface area (Å²) in [4.78, 5) is 61.9. The van der Waals surface area contributed by atoms with Crippen molar-refractivity contribution in [1.29, 1.82) is 0 Å². The third kappa shape index (κ3) is 27.1. The van der Waals surface area contributed by atoms with Crippen LogP contribution in [0.25, 0.3) is 0 Å². The molecule has 6 N–H and O–H groups in total. The fourth-order valence-corrected chi connectivity index (χ4v) is 9.82. The summed E-state index contributed by atoms with van der Waals surface area (Å²) in [6.07, 6.45) is 28.4. The van der Waals surface area contributed by atoms with Crippen LogP contribution in [0, 0.1) is 5.92 Å². The van der Waals surface area contributed by atoms with Gasteiger partial charge in [-0.25, -0.2) is 13.9 Å². The Morgan fingerprint density at radius 3 is 1.99 bits per heavy atom. The van der Waals surface area contributed by atoms with Crippen LogP contribution in [0.3, 0.4) is 0 Å². The Bertz CT molecular complexity index is 1900. The number of carbonyl (C=O) groups excluding carboxylic acids is 2. The van der Waals surface area contributed by atoms with E-state index in [1.54, 1.807) is 0 Å². The minimum Gasteiger partial charge on any atom is -0.462 e. The van der Waals surface area contributed by atoms with E-state index < -0.39 is 83.7 Å². The van der Waals surface area contributed by atoms with Gasteiger partial charge < -0.3 is 44.7 Å². The molecule has 0 saturated carbocycles. The van der Waals surface area contributed by atoms with Gasteiger partial charge in [0, 0.05) is 19.0 Å². The number of aliphatic hydroxyl groups excluding tert-OH is 2. The molecule has 19 nitrogen and oxygen atoms in total. The van der Waals surface area contributed by atoms with E-state index in [0.717, 1.165) is 68.0 Å². The standard InChI is InChI=1S/C49H83N3O16P2/c1-4-5-6-7-19-24-29-40-41(66-40)30-25-20-15-13-17-21-26-31-44(53)62-35-39(65-45(54)32-27-22-16-12-10-8-9-11-14-18-23-28-38(2)3)36-63-69(58,59)68-70(60,61)64-37-42-46(55)47(56)48(67-42)52-34-33-43(50)51-49(52)57/h13,17,19-20,24-25,33-34,38-42,46-48,55-56H,4-12,14-16,18,21-23,26-32,35-37H2,1-3H3,(H,58,59)(H,60,61)(H2,50,51,57)/b17-13-,24-19-,25-20-/t39-,40?,41?,42-,46-,47-,48-/m1/s1. The molecule has 0 aliphatic carbocycles. The van der Waals surface area contributed by atoms with Gasteiger partial charge in [-0.3, -0.25) is 23.2 Å². The molecule has 9 atom stereocenters. The molecule has 70 heavy (non-hydrogen) atoms. The fourth-order valence-electron chi connectivity index (χ4n) is 7.71. The predicted octanol–water partition coefficient (Wildman–Crippen LogP) is 9.23. The zero-order valence-electron chi connectivity index (χ0n) is 41.7. The molecule has 3 rings (SSSR count). The van der Waals surface area contributed by atoms with Gasteiger partial charge in [0.1, 0.15) is 30.7 Å². The van der Waals surface area contributed by atoms with Crippen LogP contribution in [0.1, 0.15) is 175 Å². The number of phosphoric acid groups is 2. The van der Waals surface area contributed by atoms with Crippen LogP contribution in [0.2, 0.25) is 0 Å². The topological polar surface area (TPSA) is 278 Å². The van der Waals surface area contributed by atoms with Gasteiger partial charge in [0.05, 0.1) is 25.4 Å². The van der Waals surface area contributed by atoms with E-state index in [2.05, 4.69) is 54.4 Å². The maximum atomic E-state index is 12.9. The molecule has 2 aliphatic rings. The maximum absolute atomic E-state index is 12.9. The number of nitrogen functional groups attached to an aromatic ring is 1. The molecule has 2 aliphatic heterocycles. The number of nitrogens with zero attached hydrogens (tertiary/aromatic N) is 2. The third-order valence-electron chi connectivity index (χ3n) is 11.8. The lowest BCUT2D eigenvalue weighted by molar-refractivity contribution is -0.161. The number of carbonyl (C=O) groups is 2. The van der Waals surface area contributed by atoms with Crippen molar-refractivity contribution in [2.45, 2.75) is 211 Å². The second kappa shape index (κ2) is 34.4. The Balaban J connectivity index is 1.41. The molecule has 3 heterocycles. The molecule has 1 aromatic heterocycles. The van der Waals surface area contributed by atoms with Crippen molar-refractivity contribution < 1.29 is 71.0 Å². The Hall–Kier alpha value is -3.06. The molecule has 2 saturated heterocycles. The van der Waals surface area contributed by atoms with Crippen LogP contribution < -0.4 is 11.4 Å². The first-order valence-corrected chi connectivity index (χ1v) is 28.5. The van der Waals surface area contributed by atoms with Gasteiger partial charge in [0.2, 0.25) is 0 Å². The van der Waals surface area contributed by atoms with Crippen molar-refractivity contribution in [2.24, 2.45) is 5.92 Å². The molecule has 21 heteroatoms. The number of phosphoric ester groups is 2. The van der Waals surface area contributed by atoms with E-state index in [1.807, 2.05) is 12.2 Å². The number of hydrogen-bond acceptors (Lipinski definition) is 16. The van der Waals surface area contributed by atoms with Crippen LogP contribution in [-0.2, 0) is 51.0 Å². The van der Waals surface area contributed by atoms with Crippen molar-refractivity contribution >= 4 is 33.4 Å². The zero-order chi connectivity index (χ0) is 51.2. The lowest BCUT2D eigenvalue weighted by Crippen LogP contribution is -2.36. The maximum Gasteiger partial charge on any atom is 0.481 e. The van der Waals surface area contributed by atoms with Crippen molar-refractivity contribution in [3.8, 4) is 0 Å². The number of aliphatic hydroxyl groups is 2.